The van der Waals surface area contributed by atoms with Crippen molar-refractivity contribution in [2.45, 2.75) is 19.8 Å². The number of fused-ring (bicyclic) bond motifs is 1. The van der Waals surface area contributed by atoms with Crippen molar-refractivity contribution in [3.63, 3.8) is 0 Å². The van der Waals surface area contributed by atoms with Gasteiger partial charge < -0.3 is 20.5 Å². The molecule has 4 rings (SSSR count). The topological polar surface area (TPSA) is 130 Å². The molecule has 0 radical (unpaired) electrons. The van der Waals surface area contributed by atoms with E-state index < -0.39 is 17.0 Å². The number of hydrogen-bond acceptors (Lipinski definition) is 8. The molecule has 3 aromatic rings. The molecule has 1 atom stereocenters. The van der Waals surface area contributed by atoms with Crippen molar-refractivity contribution in [3.05, 3.63) is 99.4 Å². The lowest BCUT2D eigenvalue weighted by molar-refractivity contribution is -0.431. The Bertz CT molecular complexity index is 1300. The summed E-state index contributed by atoms with van der Waals surface area (Å²) in [4.78, 5) is 28.3. The quantitative estimate of drug-likeness (QED) is 0.335. The van der Waals surface area contributed by atoms with Crippen LogP contribution in [0, 0.1) is 10.1 Å². The number of aromatic nitrogens is 1. The molecule has 0 spiro atoms. The summed E-state index contributed by atoms with van der Waals surface area (Å²) in [5, 5.41) is 15.5. The summed E-state index contributed by atoms with van der Waals surface area (Å²) in [6.07, 6.45) is 0.757. The Hall–Kier alpha value is -4.40. The smallest absolute Gasteiger partial charge is 0.434 e. The molecule has 1 unspecified atom stereocenters. The van der Waals surface area contributed by atoms with E-state index in [1.54, 1.807) is 32.2 Å². The van der Waals surface area contributed by atoms with Crippen LogP contribution in [0.15, 0.2) is 83.8 Å². The average Bonchev–Trinajstić information content (AvgIpc) is 2.80. The van der Waals surface area contributed by atoms with Crippen LogP contribution in [-0.4, -0.2) is 22.7 Å². The normalized spacial score (nSPS) is 15.9. The average molecular weight is 446 g/mol. The first-order chi connectivity index (χ1) is 15.9. The number of benzene rings is 2. The molecule has 0 amide bonds. The molecular formula is C24H22N4O5. The predicted octanol–water partition coefficient (Wildman–Crippen LogP) is 4.40. The molecule has 2 heterocycles. The van der Waals surface area contributed by atoms with Crippen molar-refractivity contribution in [1.29, 1.82) is 0 Å². The van der Waals surface area contributed by atoms with Gasteiger partial charge in [-0.3, -0.25) is 15.1 Å². The number of dihydropyridines is 1. The molecule has 1 aliphatic rings. The van der Waals surface area contributed by atoms with E-state index in [0.717, 1.165) is 11.1 Å². The van der Waals surface area contributed by atoms with Gasteiger partial charge in [0.25, 0.3) is 5.70 Å². The maximum absolute atomic E-state index is 12.1. The zero-order chi connectivity index (χ0) is 23.5. The van der Waals surface area contributed by atoms with Gasteiger partial charge in [0, 0.05) is 17.1 Å². The molecule has 0 bridgehead atoms. The van der Waals surface area contributed by atoms with Crippen LogP contribution in [0.1, 0.15) is 25.3 Å². The van der Waals surface area contributed by atoms with Gasteiger partial charge in [-0.05, 0) is 37.1 Å². The summed E-state index contributed by atoms with van der Waals surface area (Å²) in [5.74, 6) is -1.15. The first-order valence-electron chi connectivity index (χ1n) is 10.3. The number of ether oxygens (including phenoxy) is 2. The van der Waals surface area contributed by atoms with Crippen molar-refractivity contribution in [1.82, 2.24) is 10.3 Å². The molecule has 168 valence electrons. The van der Waals surface area contributed by atoms with E-state index in [2.05, 4.69) is 10.3 Å². The van der Waals surface area contributed by atoms with Gasteiger partial charge in [0.1, 0.15) is 11.7 Å². The van der Waals surface area contributed by atoms with Crippen LogP contribution in [0.25, 0.3) is 22.0 Å². The predicted molar refractivity (Wildman–Crippen MR) is 122 cm³/mol. The second-order valence-electron chi connectivity index (χ2n) is 7.39. The third-order valence-corrected chi connectivity index (χ3v) is 5.34. The van der Waals surface area contributed by atoms with Crippen LogP contribution in [0.4, 0.5) is 4.79 Å². The summed E-state index contributed by atoms with van der Waals surface area (Å²) < 4.78 is 10.3. The van der Waals surface area contributed by atoms with Gasteiger partial charge >= 0.3 is 6.16 Å². The molecule has 0 aliphatic carbocycles. The number of rotatable bonds is 5. The number of nitrogens with zero attached hydrogens (tertiary/aromatic N) is 2. The first-order valence-corrected chi connectivity index (χ1v) is 10.3. The SMILES string of the molecule is CCOC(=O)OC1=C(N)NC(C)=C([N+](=O)[O-])C1c1cccc2ncc(-c3ccccc3)cc12. The highest BCUT2D eigenvalue weighted by molar-refractivity contribution is 5.87. The zero-order valence-corrected chi connectivity index (χ0v) is 18.1. The van der Waals surface area contributed by atoms with Crippen LogP contribution in [0.5, 0.6) is 0 Å². The second kappa shape index (κ2) is 8.99. The van der Waals surface area contributed by atoms with Gasteiger partial charge in [-0.25, -0.2) is 4.79 Å². The molecule has 3 N–H and O–H groups in total. The molecule has 33 heavy (non-hydrogen) atoms. The highest BCUT2D eigenvalue weighted by Gasteiger charge is 2.41. The number of carbonyl (C=O) groups excluding carboxylic acids is 1. The van der Waals surface area contributed by atoms with Crippen LogP contribution in [-0.2, 0) is 9.47 Å². The van der Waals surface area contributed by atoms with E-state index in [0.29, 0.717) is 16.5 Å². The highest BCUT2D eigenvalue weighted by atomic mass is 16.7. The summed E-state index contributed by atoms with van der Waals surface area (Å²) in [6.45, 7) is 3.27. The lowest BCUT2D eigenvalue weighted by atomic mass is 9.87. The Labute approximate surface area is 189 Å². The fourth-order valence-electron chi connectivity index (χ4n) is 3.92. The lowest BCUT2D eigenvalue weighted by Crippen LogP contribution is -2.34. The summed E-state index contributed by atoms with van der Waals surface area (Å²) in [6, 6.07) is 16.9. The number of carbonyl (C=O) groups is 1. The minimum absolute atomic E-state index is 0.000305. The largest absolute Gasteiger partial charge is 0.513 e. The Kier molecular flexibility index (Phi) is 5.95. The van der Waals surface area contributed by atoms with E-state index in [9.17, 15) is 14.9 Å². The molecule has 0 fully saturated rings. The number of nitrogens with two attached hydrogens (primary N) is 1. The molecule has 9 heteroatoms. The third kappa shape index (κ3) is 4.20. The van der Waals surface area contributed by atoms with Gasteiger partial charge in [0.2, 0.25) is 0 Å². The Morgan fingerprint density at radius 3 is 2.64 bits per heavy atom. The van der Waals surface area contributed by atoms with E-state index >= 15 is 0 Å². The maximum Gasteiger partial charge on any atom is 0.513 e. The van der Waals surface area contributed by atoms with Gasteiger partial charge in [0.05, 0.1) is 22.7 Å². The van der Waals surface area contributed by atoms with Crippen molar-refractivity contribution < 1.29 is 19.2 Å². The molecule has 0 saturated heterocycles. The molecule has 0 saturated carbocycles. The van der Waals surface area contributed by atoms with Crippen molar-refractivity contribution >= 4 is 17.1 Å². The first kappa shape index (κ1) is 21.8. The highest BCUT2D eigenvalue weighted by Crippen LogP contribution is 2.41. The maximum atomic E-state index is 12.1. The fraction of sp³-hybridized carbons (Fsp3) is 0.167. The van der Waals surface area contributed by atoms with Crippen LogP contribution in [0.3, 0.4) is 0 Å². The van der Waals surface area contributed by atoms with Crippen LogP contribution >= 0.6 is 0 Å². The van der Waals surface area contributed by atoms with Gasteiger partial charge in [-0.2, -0.15) is 0 Å². The third-order valence-electron chi connectivity index (χ3n) is 5.34. The number of hydrogen-bond donors (Lipinski definition) is 2. The minimum Gasteiger partial charge on any atom is -0.434 e. The molecular weight excluding hydrogens is 424 g/mol. The van der Waals surface area contributed by atoms with Gasteiger partial charge in [0.15, 0.2) is 5.76 Å². The molecule has 2 aromatic carbocycles. The van der Waals surface area contributed by atoms with E-state index in [-0.39, 0.29) is 29.6 Å². The van der Waals surface area contributed by atoms with E-state index in [4.69, 9.17) is 15.2 Å². The number of allylic oxidation sites excluding steroid dienone is 1. The fourth-order valence-corrected chi connectivity index (χ4v) is 3.92. The summed E-state index contributed by atoms with van der Waals surface area (Å²) >= 11 is 0. The van der Waals surface area contributed by atoms with Crippen molar-refractivity contribution in [3.8, 4) is 11.1 Å². The number of nitrogens with one attached hydrogen (secondary N) is 1. The summed E-state index contributed by atoms with van der Waals surface area (Å²) in [7, 11) is 0. The van der Waals surface area contributed by atoms with E-state index in [1.165, 1.54) is 0 Å². The standard InChI is InChI=1S/C24H22N4O5/c1-3-32-24(29)33-22-20(21(28(30)31)14(2)27-23(22)25)17-10-7-11-19-18(17)12-16(13-26-19)15-8-5-4-6-9-15/h4-13,20,27H,3,25H2,1-2H3. The summed E-state index contributed by atoms with van der Waals surface area (Å²) in [5.41, 5.74) is 9.17. The number of pyridine rings is 1. The minimum atomic E-state index is -1.05. The Balaban J connectivity index is 1.93. The lowest BCUT2D eigenvalue weighted by Gasteiger charge is -2.26. The monoisotopic (exact) mass is 446 g/mol. The van der Waals surface area contributed by atoms with Crippen molar-refractivity contribution in [2.75, 3.05) is 6.61 Å². The van der Waals surface area contributed by atoms with Crippen LogP contribution in [0.2, 0.25) is 0 Å². The second-order valence-corrected chi connectivity index (χ2v) is 7.39. The number of nitro groups is 1. The Morgan fingerprint density at radius 1 is 1.18 bits per heavy atom. The van der Waals surface area contributed by atoms with Gasteiger partial charge in [-0.15, -0.1) is 0 Å². The van der Waals surface area contributed by atoms with Crippen LogP contribution < -0.4 is 11.1 Å². The molecule has 1 aliphatic heterocycles. The van der Waals surface area contributed by atoms with E-state index in [1.807, 2.05) is 42.5 Å². The van der Waals surface area contributed by atoms with Crippen molar-refractivity contribution in [2.24, 2.45) is 5.73 Å². The van der Waals surface area contributed by atoms with Gasteiger partial charge in [-0.1, -0.05) is 42.5 Å². The zero-order valence-electron chi connectivity index (χ0n) is 18.1. The Morgan fingerprint density at radius 2 is 1.94 bits per heavy atom. The molecule has 9 nitrogen and oxygen atoms in total. The molecule has 1 aromatic heterocycles.